The number of carbonyl (C=O) groups excluding carboxylic acids is 3. The molecule has 2 amide bonds. The van der Waals surface area contributed by atoms with Gasteiger partial charge in [-0.05, 0) is 80.1 Å². The smallest absolute Gasteiger partial charge is 0.490 e. The molecule has 0 bridgehead atoms. The molecular formula is C29H28F3N3O9. The van der Waals surface area contributed by atoms with Crippen molar-refractivity contribution in [3.8, 4) is 17.2 Å². The molecule has 1 fully saturated rings. The van der Waals surface area contributed by atoms with E-state index in [1.807, 2.05) is 0 Å². The van der Waals surface area contributed by atoms with E-state index in [-0.39, 0.29) is 34.3 Å². The van der Waals surface area contributed by atoms with E-state index in [1.54, 1.807) is 0 Å². The minimum Gasteiger partial charge on any atom is -0.508 e. The summed E-state index contributed by atoms with van der Waals surface area (Å²) in [5.41, 5.74) is 0.724. The van der Waals surface area contributed by atoms with Gasteiger partial charge in [0.25, 0.3) is 11.8 Å². The molecule has 3 aromatic rings. The summed E-state index contributed by atoms with van der Waals surface area (Å²) < 4.78 is 37.5. The standard InChI is InChI=1S/C27H27N3O7.C2HF3O2/c31-19-12-8-16(9-13-19)25(34)30-20-15-28-14-2-5-23(20)37-27(36)17-6-10-18(11-7-17)29-26(35)24-21(32)3-1-4-22(24)33;3-2(4,5)1(6)7/h1,3-4,6-13,20,23,28,31-33H,2,5,14-15H2,(H,29,35)(H,30,34);(H,6,7)/t20-,23-;/m1./s1. The molecule has 2 atom stereocenters. The van der Waals surface area contributed by atoms with Crippen LogP contribution in [0, 0.1) is 0 Å². The average molecular weight is 620 g/mol. The van der Waals surface area contributed by atoms with E-state index in [0.717, 1.165) is 13.0 Å². The monoisotopic (exact) mass is 619 g/mol. The van der Waals surface area contributed by atoms with Crippen molar-refractivity contribution in [2.24, 2.45) is 0 Å². The van der Waals surface area contributed by atoms with Gasteiger partial charge >= 0.3 is 18.1 Å². The van der Waals surface area contributed by atoms with Crippen molar-refractivity contribution in [1.29, 1.82) is 0 Å². The number of carbonyl (C=O) groups is 4. The van der Waals surface area contributed by atoms with Crippen molar-refractivity contribution >= 4 is 29.4 Å². The maximum Gasteiger partial charge on any atom is 0.490 e. The molecule has 0 spiro atoms. The van der Waals surface area contributed by atoms with E-state index in [1.165, 1.54) is 66.7 Å². The Morgan fingerprint density at radius 1 is 0.841 bits per heavy atom. The number of anilines is 1. The molecule has 0 aromatic heterocycles. The number of hydrogen-bond acceptors (Lipinski definition) is 9. The van der Waals surface area contributed by atoms with Gasteiger partial charge in [-0.25, -0.2) is 9.59 Å². The lowest BCUT2D eigenvalue weighted by molar-refractivity contribution is -0.192. The zero-order valence-corrected chi connectivity index (χ0v) is 22.8. The first-order valence-corrected chi connectivity index (χ1v) is 13.0. The zero-order valence-electron chi connectivity index (χ0n) is 22.8. The highest BCUT2D eigenvalue weighted by molar-refractivity contribution is 6.08. The molecule has 3 aromatic carbocycles. The third kappa shape index (κ3) is 9.35. The normalized spacial score (nSPS) is 16.3. The summed E-state index contributed by atoms with van der Waals surface area (Å²) in [7, 11) is 0. The fourth-order valence-electron chi connectivity index (χ4n) is 4.02. The fourth-order valence-corrected chi connectivity index (χ4v) is 4.02. The number of phenolic OH excluding ortho intramolecular Hbond substituents is 3. The lowest BCUT2D eigenvalue weighted by atomic mass is 10.1. The molecule has 12 nitrogen and oxygen atoms in total. The van der Waals surface area contributed by atoms with Crippen LogP contribution in [-0.4, -0.2) is 75.6 Å². The predicted molar refractivity (Wildman–Crippen MR) is 149 cm³/mol. The third-order valence-electron chi connectivity index (χ3n) is 6.23. The van der Waals surface area contributed by atoms with Gasteiger partial charge in [-0.2, -0.15) is 13.2 Å². The van der Waals surface area contributed by atoms with Gasteiger partial charge in [-0.15, -0.1) is 0 Å². The minimum atomic E-state index is -5.08. The van der Waals surface area contributed by atoms with Gasteiger partial charge in [-0.3, -0.25) is 9.59 Å². The van der Waals surface area contributed by atoms with E-state index in [0.29, 0.717) is 24.2 Å². The molecule has 0 unspecified atom stereocenters. The molecule has 0 aliphatic carbocycles. The molecule has 0 saturated carbocycles. The number of aliphatic carboxylic acids is 1. The number of alkyl halides is 3. The van der Waals surface area contributed by atoms with Crippen molar-refractivity contribution in [2.75, 3.05) is 18.4 Å². The van der Waals surface area contributed by atoms with Crippen molar-refractivity contribution in [1.82, 2.24) is 10.6 Å². The molecule has 7 N–H and O–H groups in total. The molecule has 15 heteroatoms. The molecular weight excluding hydrogens is 591 g/mol. The summed E-state index contributed by atoms with van der Waals surface area (Å²) in [5.74, 6) is -5.04. The number of amides is 2. The van der Waals surface area contributed by atoms with Crippen LogP contribution in [0.1, 0.15) is 43.9 Å². The van der Waals surface area contributed by atoms with Crippen LogP contribution in [0.25, 0.3) is 0 Å². The minimum absolute atomic E-state index is 0.0569. The summed E-state index contributed by atoms with van der Waals surface area (Å²) in [6.45, 7) is 1.15. The predicted octanol–water partition coefficient (Wildman–Crippen LogP) is 3.40. The van der Waals surface area contributed by atoms with Gasteiger partial charge in [0.05, 0.1) is 11.6 Å². The number of halogens is 3. The quantitative estimate of drug-likeness (QED) is 0.201. The van der Waals surface area contributed by atoms with E-state index < -0.39 is 36.2 Å². The fraction of sp³-hybridized carbons (Fsp3) is 0.241. The lowest BCUT2D eigenvalue weighted by Gasteiger charge is -2.26. The Balaban J connectivity index is 0.000000676. The molecule has 1 saturated heterocycles. The van der Waals surface area contributed by atoms with Crippen molar-refractivity contribution in [3.05, 3.63) is 83.4 Å². The van der Waals surface area contributed by atoms with Gasteiger partial charge < -0.3 is 41.1 Å². The zero-order chi connectivity index (χ0) is 32.4. The van der Waals surface area contributed by atoms with E-state index in [9.17, 15) is 42.9 Å². The second kappa shape index (κ2) is 14.7. The Labute approximate surface area is 248 Å². The Bertz CT molecular complexity index is 1460. The van der Waals surface area contributed by atoms with Gasteiger partial charge in [0.1, 0.15) is 28.9 Å². The number of esters is 1. The highest BCUT2D eigenvalue weighted by Crippen LogP contribution is 2.27. The second-order valence-electron chi connectivity index (χ2n) is 9.42. The highest BCUT2D eigenvalue weighted by atomic mass is 19.4. The summed E-state index contributed by atoms with van der Waals surface area (Å²) in [4.78, 5) is 46.9. The Hall–Kier alpha value is -5.31. The van der Waals surface area contributed by atoms with Crippen LogP contribution in [0.3, 0.4) is 0 Å². The first-order chi connectivity index (χ1) is 20.8. The van der Waals surface area contributed by atoms with Crippen LogP contribution in [0.15, 0.2) is 66.7 Å². The van der Waals surface area contributed by atoms with Crippen LogP contribution >= 0.6 is 0 Å². The van der Waals surface area contributed by atoms with Crippen molar-refractivity contribution in [3.63, 3.8) is 0 Å². The summed E-state index contributed by atoms with van der Waals surface area (Å²) >= 11 is 0. The van der Waals surface area contributed by atoms with Crippen molar-refractivity contribution in [2.45, 2.75) is 31.2 Å². The largest absolute Gasteiger partial charge is 0.508 e. The van der Waals surface area contributed by atoms with Crippen LogP contribution in [0.2, 0.25) is 0 Å². The SMILES string of the molecule is O=C(N[C@@H]1CNCCC[C@H]1OC(=O)c1ccc(NC(=O)c2c(O)cccc2O)cc1)c1ccc(O)cc1.O=C(O)C(F)(F)F. The number of phenols is 3. The number of carboxylic acid groups (broad SMARTS) is 1. The molecule has 1 heterocycles. The van der Waals surface area contributed by atoms with Gasteiger partial charge in [0.2, 0.25) is 0 Å². The van der Waals surface area contributed by atoms with Crippen molar-refractivity contribution < 1.29 is 57.5 Å². The third-order valence-corrected chi connectivity index (χ3v) is 6.23. The maximum absolute atomic E-state index is 12.9. The molecule has 1 aliphatic rings. The topological polar surface area (TPSA) is 195 Å². The number of hydrogen-bond donors (Lipinski definition) is 7. The maximum atomic E-state index is 12.9. The molecule has 4 rings (SSSR count). The Morgan fingerprint density at radius 3 is 1.98 bits per heavy atom. The number of carboxylic acids is 1. The van der Waals surface area contributed by atoms with E-state index in [2.05, 4.69) is 16.0 Å². The lowest BCUT2D eigenvalue weighted by Crippen LogP contribution is -2.49. The van der Waals surface area contributed by atoms with Crippen LogP contribution in [0.5, 0.6) is 17.2 Å². The first kappa shape index (κ1) is 33.2. The van der Waals surface area contributed by atoms with Crippen LogP contribution < -0.4 is 16.0 Å². The molecule has 1 aliphatic heterocycles. The summed E-state index contributed by atoms with van der Waals surface area (Å²) in [6.07, 6.45) is -4.34. The average Bonchev–Trinajstić information content (AvgIpc) is 3.18. The summed E-state index contributed by atoms with van der Waals surface area (Å²) in [6, 6.07) is 15.4. The highest BCUT2D eigenvalue weighted by Gasteiger charge is 2.38. The summed E-state index contributed by atoms with van der Waals surface area (Å²) in [5, 5.41) is 45.0. The van der Waals surface area contributed by atoms with Gasteiger partial charge in [0.15, 0.2) is 0 Å². The van der Waals surface area contributed by atoms with Gasteiger partial charge in [-0.1, -0.05) is 6.07 Å². The van der Waals surface area contributed by atoms with Gasteiger partial charge in [0, 0.05) is 17.8 Å². The van der Waals surface area contributed by atoms with Crippen LogP contribution in [0.4, 0.5) is 18.9 Å². The number of nitrogens with one attached hydrogen (secondary N) is 3. The molecule has 44 heavy (non-hydrogen) atoms. The molecule has 0 radical (unpaired) electrons. The first-order valence-electron chi connectivity index (χ1n) is 13.0. The Kier molecular flexibility index (Phi) is 11.1. The number of aromatic hydroxyl groups is 3. The van der Waals surface area contributed by atoms with Crippen LogP contribution in [-0.2, 0) is 9.53 Å². The Morgan fingerprint density at radius 2 is 1.41 bits per heavy atom. The number of ether oxygens (including phenoxy) is 1. The van der Waals surface area contributed by atoms with E-state index in [4.69, 9.17) is 14.6 Å². The number of benzene rings is 3. The number of rotatable bonds is 6. The second-order valence-corrected chi connectivity index (χ2v) is 9.42. The molecule has 234 valence electrons. The van der Waals surface area contributed by atoms with E-state index >= 15 is 0 Å².